The first kappa shape index (κ1) is 13.7. The van der Waals surface area contributed by atoms with E-state index in [1.807, 2.05) is 0 Å². The largest absolute Gasteiger partial charge is 0.129 e. The van der Waals surface area contributed by atoms with E-state index in [9.17, 15) is 0 Å². The van der Waals surface area contributed by atoms with Gasteiger partial charge in [0.15, 0.2) is 0 Å². The van der Waals surface area contributed by atoms with Gasteiger partial charge in [-0.05, 0) is 24.4 Å². The third-order valence-electron chi connectivity index (χ3n) is 3.05. The van der Waals surface area contributed by atoms with Crippen LogP contribution in [0, 0.1) is 5.92 Å². The summed E-state index contributed by atoms with van der Waals surface area (Å²) in [4.78, 5) is 0. The molecule has 2 aromatic carbocycles. The third-order valence-corrected chi connectivity index (χ3v) is 7.62. The fourth-order valence-corrected chi connectivity index (χ4v) is 5.57. The summed E-state index contributed by atoms with van der Waals surface area (Å²) >= 11 is 0. The van der Waals surface area contributed by atoms with E-state index in [1.54, 1.807) is 0 Å². The topological polar surface area (TPSA) is 0 Å². The monoisotopic (exact) mass is 274 g/mol. The predicted molar refractivity (Wildman–Crippen MR) is 87.4 cm³/mol. The maximum Gasteiger partial charge on any atom is 0.00407 e. The van der Waals surface area contributed by atoms with Gasteiger partial charge in [0.05, 0.1) is 0 Å². The van der Waals surface area contributed by atoms with Crippen molar-refractivity contribution in [3.8, 4) is 0 Å². The summed E-state index contributed by atoms with van der Waals surface area (Å²) in [5, 5.41) is 3.55. The molecule has 0 saturated heterocycles. The first-order valence-electron chi connectivity index (χ1n) is 6.35. The van der Waals surface area contributed by atoms with Gasteiger partial charge in [0.25, 0.3) is 0 Å². The number of benzene rings is 2. The minimum absolute atomic E-state index is 0.289. The van der Waals surface area contributed by atoms with Crippen molar-refractivity contribution in [3.63, 3.8) is 0 Å². The lowest BCUT2D eigenvalue weighted by molar-refractivity contribution is 0.717. The molecule has 18 heavy (non-hydrogen) atoms. The van der Waals surface area contributed by atoms with Crippen LogP contribution in [0.25, 0.3) is 0 Å². The zero-order valence-electron chi connectivity index (χ0n) is 11.0. The Morgan fingerprint density at radius 2 is 1.17 bits per heavy atom. The van der Waals surface area contributed by atoms with E-state index in [4.69, 9.17) is 0 Å². The minimum Gasteiger partial charge on any atom is -0.129 e. The van der Waals surface area contributed by atoms with Gasteiger partial charge in [0.1, 0.15) is 0 Å². The highest BCUT2D eigenvalue weighted by Gasteiger charge is 2.23. The fraction of sp³-hybridized carbons (Fsp3) is 0.250. The molecule has 2 aromatic rings. The van der Waals surface area contributed by atoms with Crippen LogP contribution in [0.3, 0.4) is 0 Å². The molecule has 2 atom stereocenters. The summed E-state index contributed by atoms with van der Waals surface area (Å²) in [5.41, 5.74) is 0. The van der Waals surface area contributed by atoms with Gasteiger partial charge in [-0.1, -0.05) is 74.5 Å². The van der Waals surface area contributed by atoms with Crippen molar-refractivity contribution in [1.82, 2.24) is 0 Å². The molecule has 0 aliphatic heterocycles. The van der Waals surface area contributed by atoms with Gasteiger partial charge < -0.3 is 0 Å². The van der Waals surface area contributed by atoms with Crippen molar-refractivity contribution < 1.29 is 0 Å². The molecule has 2 unspecified atom stereocenters. The first-order chi connectivity index (χ1) is 8.70. The molecule has 0 saturated carbocycles. The van der Waals surface area contributed by atoms with Crippen LogP contribution in [0.2, 0.25) is 0 Å². The Bertz CT molecular complexity index is 425. The van der Waals surface area contributed by atoms with Crippen molar-refractivity contribution >= 4 is 27.8 Å². The molecular weight excluding hydrogens is 254 g/mol. The Morgan fingerprint density at radius 1 is 0.778 bits per heavy atom. The molecule has 0 aliphatic rings. The standard InChI is InChI=1S/C16H20P2/c1-13(2)16(17)18(14-9-5-3-6-10-14)15-11-7-4-8-12-15/h3-13,16H,17H2,1-2H3. The van der Waals surface area contributed by atoms with E-state index in [0.717, 1.165) is 0 Å². The van der Waals surface area contributed by atoms with Crippen LogP contribution in [-0.2, 0) is 0 Å². The highest BCUT2D eigenvalue weighted by molar-refractivity contribution is 7.78. The van der Waals surface area contributed by atoms with Crippen LogP contribution in [0.15, 0.2) is 60.7 Å². The number of hydrogen-bond acceptors (Lipinski definition) is 0. The van der Waals surface area contributed by atoms with Crippen LogP contribution in [0.4, 0.5) is 0 Å². The second-order valence-corrected chi connectivity index (χ2v) is 8.42. The molecule has 0 fully saturated rings. The van der Waals surface area contributed by atoms with Crippen LogP contribution >= 0.6 is 17.2 Å². The minimum atomic E-state index is -0.289. The molecule has 0 amide bonds. The normalized spacial score (nSPS) is 12.9. The molecule has 0 bridgehead atoms. The quantitative estimate of drug-likeness (QED) is 0.740. The molecule has 0 spiro atoms. The summed E-state index contributed by atoms with van der Waals surface area (Å²) in [7, 11) is 2.77. The van der Waals surface area contributed by atoms with E-state index in [0.29, 0.717) is 11.3 Å². The molecule has 0 aliphatic carbocycles. The summed E-state index contributed by atoms with van der Waals surface area (Å²) < 4.78 is 0. The van der Waals surface area contributed by atoms with E-state index < -0.39 is 0 Å². The Kier molecular flexibility index (Phi) is 4.93. The first-order valence-corrected chi connectivity index (χ1v) is 8.43. The Morgan fingerprint density at radius 3 is 1.50 bits per heavy atom. The summed E-state index contributed by atoms with van der Waals surface area (Å²) in [6.07, 6.45) is 0. The smallest absolute Gasteiger partial charge is 0.00407 e. The second-order valence-electron chi connectivity index (χ2n) is 4.78. The molecule has 0 aromatic heterocycles. The molecule has 0 heterocycles. The van der Waals surface area contributed by atoms with Gasteiger partial charge in [-0.15, -0.1) is 9.24 Å². The number of hydrogen-bond donors (Lipinski definition) is 0. The van der Waals surface area contributed by atoms with Crippen molar-refractivity contribution in [1.29, 1.82) is 0 Å². The molecule has 0 radical (unpaired) electrons. The molecular formula is C16H20P2. The van der Waals surface area contributed by atoms with Crippen molar-refractivity contribution in [2.45, 2.75) is 19.2 Å². The number of rotatable bonds is 4. The van der Waals surface area contributed by atoms with Gasteiger partial charge in [0.2, 0.25) is 0 Å². The molecule has 0 N–H and O–H groups in total. The zero-order valence-corrected chi connectivity index (χ0v) is 13.0. The fourth-order valence-electron chi connectivity index (χ4n) is 1.97. The molecule has 2 heteroatoms. The molecule has 0 nitrogen and oxygen atoms in total. The predicted octanol–water partition coefficient (Wildman–Crippen LogP) is 3.98. The van der Waals surface area contributed by atoms with E-state index in [-0.39, 0.29) is 7.92 Å². The van der Waals surface area contributed by atoms with Gasteiger partial charge in [0, 0.05) is 5.40 Å². The third kappa shape index (κ3) is 3.19. The Hall–Kier alpha value is -0.700. The zero-order chi connectivity index (χ0) is 13.0. The Labute approximate surface area is 114 Å². The lowest BCUT2D eigenvalue weighted by Gasteiger charge is -2.28. The lowest BCUT2D eigenvalue weighted by Crippen LogP contribution is -2.21. The van der Waals surface area contributed by atoms with Gasteiger partial charge in [-0.25, -0.2) is 0 Å². The van der Waals surface area contributed by atoms with Crippen molar-refractivity contribution in [2.75, 3.05) is 0 Å². The van der Waals surface area contributed by atoms with Gasteiger partial charge in [-0.3, -0.25) is 0 Å². The average Bonchev–Trinajstić information content (AvgIpc) is 2.41. The summed E-state index contributed by atoms with van der Waals surface area (Å²) in [6, 6.07) is 21.8. The maximum atomic E-state index is 3.06. The van der Waals surface area contributed by atoms with Crippen LogP contribution in [0.1, 0.15) is 13.8 Å². The highest BCUT2D eigenvalue weighted by Crippen LogP contribution is 2.46. The van der Waals surface area contributed by atoms with Gasteiger partial charge in [-0.2, -0.15) is 0 Å². The molecule has 94 valence electrons. The van der Waals surface area contributed by atoms with Crippen LogP contribution in [-0.4, -0.2) is 5.40 Å². The molecule has 2 rings (SSSR count). The average molecular weight is 274 g/mol. The maximum absolute atomic E-state index is 3.06. The van der Waals surface area contributed by atoms with E-state index in [2.05, 4.69) is 83.8 Å². The van der Waals surface area contributed by atoms with E-state index in [1.165, 1.54) is 10.6 Å². The van der Waals surface area contributed by atoms with E-state index >= 15 is 0 Å². The van der Waals surface area contributed by atoms with Crippen LogP contribution in [0.5, 0.6) is 0 Å². The van der Waals surface area contributed by atoms with Crippen molar-refractivity contribution in [3.05, 3.63) is 60.7 Å². The lowest BCUT2D eigenvalue weighted by atomic mass is 10.3. The highest BCUT2D eigenvalue weighted by atomic mass is 31.2. The Balaban J connectivity index is 2.42. The van der Waals surface area contributed by atoms with Gasteiger partial charge >= 0.3 is 0 Å². The van der Waals surface area contributed by atoms with Crippen LogP contribution < -0.4 is 10.6 Å². The summed E-state index contributed by atoms with van der Waals surface area (Å²) in [5.74, 6) is 0.668. The second kappa shape index (κ2) is 6.46. The summed E-state index contributed by atoms with van der Waals surface area (Å²) in [6.45, 7) is 4.61. The SMILES string of the molecule is CC(C)C(P)P(c1ccccc1)c1ccccc1. The van der Waals surface area contributed by atoms with Crippen molar-refractivity contribution in [2.24, 2.45) is 5.92 Å².